The first-order valence-electron chi connectivity index (χ1n) is 4.73. The second kappa shape index (κ2) is 2.61. The zero-order chi connectivity index (χ0) is 9.54. The van der Waals surface area contributed by atoms with Crippen molar-refractivity contribution in [2.45, 2.75) is 6.42 Å². The van der Waals surface area contributed by atoms with Crippen molar-refractivity contribution in [2.24, 2.45) is 0 Å². The third-order valence-corrected chi connectivity index (χ3v) is 2.71. The molecule has 0 radical (unpaired) electrons. The minimum Gasteiger partial charge on any atom is -0.359 e. The number of para-hydroxylation sites is 1. The minimum atomic E-state index is 0.217. The lowest BCUT2D eigenvalue weighted by Crippen LogP contribution is -2.43. The topological polar surface area (TPSA) is 36.1 Å². The number of hydrogen-bond acceptors (Lipinski definition) is 1. The molecule has 3 heteroatoms. The largest absolute Gasteiger partial charge is 0.359 e. The molecule has 2 heterocycles. The van der Waals surface area contributed by atoms with Gasteiger partial charge in [0.05, 0.1) is 5.69 Å². The Balaban J connectivity index is 2.17. The zero-order valence-electron chi connectivity index (χ0n) is 7.66. The zero-order valence-corrected chi connectivity index (χ0v) is 7.66. The van der Waals surface area contributed by atoms with Crippen LogP contribution in [0.5, 0.6) is 0 Å². The maximum atomic E-state index is 11.3. The molecule has 3 rings (SSSR count). The number of aromatic amines is 1. The van der Waals surface area contributed by atoms with Crippen LogP contribution >= 0.6 is 0 Å². The SMILES string of the molecule is O=C1CCN1c1c[nH]c2ccccc12. The molecular formula is C11H10N2O. The summed E-state index contributed by atoms with van der Waals surface area (Å²) in [6, 6.07) is 8.03. The highest BCUT2D eigenvalue weighted by Gasteiger charge is 2.26. The van der Waals surface area contributed by atoms with E-state index in [-0.39, 0.29) is 5.91 Å². The molecule has 1 N–H and O–H groups in total. The summed E-state index contributed by atoms with van der Waals surface area (Å²) in [5.74, 6) is 0.217. The van der Waals surface area contributed by atoms with Gasteiger partial charge < -0.3 is 9.88 Å². The van der Waals surface area contributed by atoms with E-state index in [1.54, 1.807) is 0 Å². The number of aromatic nitrogens is 1. The van der Waals surface area contributed by atoms with Crippen molar-refractivity contribution in [3.8, 4) is 0 Å². The summed E-state index contributed by atoms with van der Waals surface area (Å²) >= 11 is 0. The molecule has 2 aromatic rings. The number of carbonyl (C=O) groups excluding carboxylic acids is 1. The van der Waals surface area contributed by atoms with E-state index in [0.717, 1.165) is 23.1 Å². The molecule has 0 atom stereocenters. The number of nitrogens with one attached hydrogen (secondary N) is 1. The van der Waals surface area contributed by atoms with Crippen LogP contribution in [0, 0.1) is 0 Å². The number of β-lactam (4-membered cyclic amide) rings is 1. The van der Waals surface area contributed by atoms with Gasteiger partial charge in [0.1, 0.15) is 0 Å². The van der Waals surface area contributed by atoms with Crippen LogP contribution in [0.3, 0.4) is 0 Å². The van der Waals surface area contributed by atoms with Crippen LogP contribution in [0.15, 0.2) is 30.5 Å². The molecule has 70 valence electrons. The van der Waals surface area contributed by atoms with E-state index in [4.69, 9.17) is 0 Å². The number of hydrogen-bond donors (Lipinski definition) is 1. The van der Waals surface area contributed by atoms with Crippen LogP contribution < -0.4 is 4.90 Å². The second-order valence-corrected chi connectivity index (χ2v) is 3.51. The Bertz CT molecular complexity index is 501. The second-order valence-electron chi connectivity index (χ2n) is 3.51. The normalized spacial score (nSPS) is 16.0. The minimum absolute atomic E-state index is 0.217. The summed E-state index contributed by atoms with van der Waals surface area (Å²) in [5, 5.41) is 1.13. The fourth-order valence-corrected chi connectivity index (χ4v) is 1.85. The first kappa shape index (κ1) is 7.62. The van der Waals surface area contributed by atoms with Crippen molar-refractivity contribution < 1.29 is 4.79 Å². The number of H-pyrrole nitrogens is 1. The van der Waals surface area contributed by atoms with Gasteiger partial charge in [0, 0.05) is 30.1 Å². The lowest BCUT2D eigenvalue weighted by Gasteiger charge is -2.29. The Morgan fingerprint density at radius 1 is 1.29 bits per heavy atom. The number of carbonyl (C=O) groups is 1. The molecule has 0 bridgehead atoms. The molecule has 1 saturated heterocycles. The molecule has 14 heavy (non-hydrogen) atoms. The number of amides is 1. The first-order valence-corrected chi connectivity index (χ1v) is 4.73. The molecule has 1 aromatic heterocycles. The van der Waals surface area contributed by atoms with Gasteiger partial charge >= 0.3 is 0 Å². The average Bonchev–Trinajstić information content (AvgIpc) is 2.60. The van der Waals surface area contributed by atoms with E-state index in [9.17, 15) is 4.79 Å². The smallest absolute Gasteiger partial charge is 0.228 e. The Kier molecular flexibility index (Phi) is 1.42. The molecule has 1 aromatic carbocycles. The van der Waals surface area contributed by atoms with Crippen LogP contribution in [-0.4, -0.2) is 17.4 Å². The van der Waals surface area contributed by atoms with E-state index >= 15 is 0 Å². The van der Waals surface area contributed by atoms with Gasteiger partial charge in [0.25, 0.3) is 0 Å². The van der Waals surface area contributed by atoms with Crippen LogP contribution in [0.4, 0.5) is 5.69 Å². The van der Waals surface area contributed by atoms with Crippen molar-refractivity contribution in [1.82, 2.24) is 4.98 Å². The monoisotopic (exact) mass is 186 g/mol. The molecule has 1 fully saturated rings. The van der Waals surface area contributed by atoms with Crippen molar-refractivity contribution in [3.05, 3.63) is 30.5 Å². The fraction of sp³-hybridized carbons (Fsp3) is 0.182. The van der Waals surface area contributed by atoms with Crippen LogP contribution in [0.1, 0.15) is 6.42 Å². The van der Waals surface area contributed by atoms with Gasteiger partial charge in [-0.1, -0.05) is 18.2 Å². The number of fused-ring (bicyclic) bond motifs is 1. The van der Waals surface area contributed by atoms with E-state index < -0.39 is 0 Å². The number of benzene rings is 1. The summed E-state index contributed by atoms with van der Waals surface area (Å²) in [4.78, 5) is 16.3. The standard InChI is InChI=1S/C11H10N2O/c14-11-5-6-13(11)10-7-12-9-4-2-1-3-8(9)10/h1-4,7,12H,5-6H2. The van der Waals surface area contributed by atoms with Crippen molar-refractivity contribution in [3.63, 3.8) is 0 Å². The lowest BCUT2D eigenvalue weighted by molar-refractivity contribution is -0.122. The summed E-state index contributed by atoms with van der Waals surface area (Å²) in [5.41, 5.74) is 2.10. The molecular weight excluding hydrogens is 176 g/mol. The predicted octanol–water partition coefficient (Wildman–Crippen LogP) is 1.90. The highest BCUT2D eigenvalue weighted by Crippen LogP contribution is 2.29. The summed E-state index contributed by atoms with van der Waals surface area (Å²) in [7, 11) is 0. The van der Waals surface area contributed by atoms with Gasteiger partial charge in [-0.3, -0.25) is 4.79 Å². The van der Waals surface area contributed by atoms with Gasteiger partial charge in [-0.15, -0.1) is 0 Å². The summed E-state index contributed by atoms with van der Waals surface area (Å²) in [6.07, 6.45) is 2.58. The molecule has 1 aliphatic rings. The Morgan fingerprint density at radius 2 is 2.14 bits per heavy atom. The quantitative estimate of drug-likeness (QED) is 0.678. The van der Waals surface area contributed by atoms with Gasteiger partial charge in [0.2, 0.25) is 5.91 Å². The van der Waals surface area contributed by atoms with Crippen molar-refractivity contribution in [1.29, 1.82) is 0 Å². The molecule has 0 saturated carbocycles. The van der Waals surface area contributed by atoms with Gasteiger partial charge in [0.15, 0.2) is 0 Å². The lowest BCUT2D eigenvalue weighted by atomic mass is 10.1. The maximum Gasteiger partial charge on any atom is 0.228 e. The van der Waals surface area contributed by atoms with Gasteiger partial charge in [-0.05, 0) is 6.07 Å². The number of rotatable bonds is 1. The fourth-order valence-electron chi connectivity index (χ4n) is 1.85. The van der Waals surface area contributed by atoms with E-state index in [0.29, 0.717) is 6.42 Å². The summed E-state index contributed by atoms with van der Waals surface area (Å²) < 4.78 is 0. The maximum absolute atomic E-state index is 11.3. The molecule has 1 aliphatic heterocycles. The molecule has 1 amide bonds. The van der Waals surface area contributed by atoms with Crippen LogP contribution in [0.25, 0.3) is 10.9 Å². The number of anilines is 1. The van der Waals surface area contributed by atoms with Crippen LogP contribution in [0.2, 0.25) is 0 Å². The van der Waals surface area contributed by atoms with Crippen LogP contribution in [-0.2, 0) is 4.79 Å². The van der Waals surface area contributed by atoms with Gasteiger partial charge in [-0.2, -0.15) is 0 Å². The Morgan fingerprint density at radius 3 is 2.86 bits per heavy atom. The van der Waals surface area contributed by atoms with E-state index in [2.05, 4.69) is 4.98 Å². The molecule has 3 nitrogen and oxygen atoms in total. The Labute approximate surface area is 81.3 Å². The third-order valence-electron chi connectivity index (χ3n) is 2.71. The van der Waals surface area contributed by atoms with Crippen molar-refractivity contribution in [2.75, 3.05) is 11.4 Å². The summed E-state index contributed by atoms with van der Waals surface area (Å²) in [6.45, 7) is 0.848. The molecule has 0 unspecified atom stereocenters. The average molecular weight is 186 g/mol. The highest BCUT2D eigenvalue weighted by molar-refractivity contribution is 6.06. The Hall–Kier alpha value is -1.77. The third kappa shape index (κ3) is 0.894. The van der Waals surface area contributed by atoms with Gasteiger partial charge in [-0.25, -0.2) is 0 Å². The first-order chi connectivity index (χ1) is 6.86. The number of nitrogens with zero attached hydrogens (tertiary/aromatic N) is 1. The highest BCUT2D eigenvalue weighted by atomic mass is 16.2. The molecule has 0 aliphatic carbocycles. The predicted molar refractivity (Wildman–Crippen MR) is 55.3 cm³/mol. The van der Waals surface area contributed by atoms with E-state index in [1.165, 1.54) is 0 Å². The van der Waals surface area contributed by atoms with E-state index in [1.807, 2.05) is 35.4 Å². The molecule has 0 spiro atoms. The van der Waals surface area contributed by atoms with Crippen molar-refractivity contribution >= 4 is 22.5 Å².